The fourth-order valence-electron chi connectivity index (χ4n) is 0.847. The highest BCUT2D eigenvalue weighted by Gasteiger charge is 2.09. The Balaban J connectivity index is 0. The quantitative estimate of drug-likeness (QED) is 0.474. The number of aliphatic carboxylic acids is 2. The van der Waals surface area contributed by atoms with Crippen LogP contribution in [0.4, 0.5) is 0 Å². The van der Waals surface area contributed by atoms with Gasteiger partial charge in [0.1, 0.15) is 12.1 Å². The Kier molecular flexibility index (Phi) is 14.7. The molecule has 0 aliphatic carbocycles. The predicted molar refractivity (Wildman–Crippen MR) is 78.7 cm³/mol. The van der Waals surface area contributed by atoms with Crippen molar-refractivity contribution in [3.05, 3.63) is 0 Å². The summed E-state index contributed by atoms with van der Waals surface area (Å²) in [5.41, 5.74) is 10.4. The second-order valence-corrected chi connectivity index (χ2v) is 6.09. The molecule has 0 aromatic heterocycles. The normalized spacial score (nSPS) is 14.4. The molecule has 0 aliphatic heterocycles. The van der Waals surface area contributed by atoms with Gasteiger partial charge in [0, 0.05) is 0 Å². The average molecular weight is 298 g/mol. The molecular weight excluding hydrogens is 274 g/mol. The van der Waals surface area contributed by atoms with Gasteiger partial charge in [-0.15, -0.1) is 17.2 Å². The van der Waals surface area contributed by atoms with Crippen molar-refractivity contribution in [2.75, 3.05) is 25.7 Å². The van der Waals surface area contributed by atoms with Crippen molar-refractivity contribution >= 4 is 29.1 Å². The van der Waals surface area contributed by atoms with Crippen LogP contribution in [0, 0.1) is 0 Å². The van der Waals surface area contributed by atoms with E-state index in [1.54, 1.807) is 0 Å². The van der Waals surface area contributed by atoms with Crippen LogP contribution in [0.2, 0.25) is 0 Å². The van der Waals surface area contributed by atoms with E-state index in [4.69, 9.17) is 21.7 Å². The number of carbonyl (C=O) groups is 2. The molecular formula is C10H24N2O4P2. The zero-order chi connectivity index (χ0) is 14.6. The standard InChI is InChI=1S/2C5H12NO2P/c2*1-9-3-2-4(6)5(7)8/h2*4,9H,2-3,6H2,1H3,(H,7,8)/t2*4-/m00/s1. The maximum absolute atomic E-state index is 10.1. The molecule has 0 saturated carbocycles. The minimum Gasteiger partial charge on any atom is -0.480 e. The van der Waals surface area contributed by atoms with Gasteiger partial charge in [0.25, 0.3) is 0 Å². The van der Waals surface area contributed by atoms with E-state index in [1.165, 1.54) is 0 Å². The van der Waals surface area contributed by atoms with Crippen LogP contribution in [0.1, 0.15) is 12.8 Å². The second-order valence-electron chi connectivity index (χ2n) is 3.67. The molecule has 6 N–H and O–H groups in total. The third-order valence-electron chi connectivity index (χ3n) is 2.05. The van der Waals surface area contributed by atoms with Gasteiger partial charge < -0.3 is 21.7 Å². The summed E-state index contributed by atoms with van der Waals surface area (Å²) in [5, 5.41) is 16.6. The van der Waals surface area contributed by atoms with E-state index < -0.39 is 24.0 Å². The molecule has 0 bridgehead atoms. The number of nitrogens with two attached hydrogens (primary N) is 2. The molecule has 0 saturated heterocycles. The number of rotatable bonds is 8. The third kappa shape index (κ3) is 13.8. The Morgan fingerprint density at radius 3 is 1.39 bits per heavy atom. The number of carboxylic acid groups (broad SMARTS) is 2. The van der Waals surface area contributed by atoms with E-state index >= 15 is 0 Å². The van der Waals surface area contributed by atoms with Gasteiger partial charge in [-0.05, 0) is 38.5 Å². The van der Waals surface area contributed by atoms with Crippen LogP contribution in [0.5, 0.6) is 0 Å². The van der Waals surface area contributed by atoms with Crippen molar-refractivity contribution in [2.24, 2.45) is 11.5 Å². The van der Waals surface area contributed by atoms with Gasteiger partial charge in [-0.1, -0.05) is 0 Å². The van der Waals surface area contributed by atoms with E-state index in [9.17, 15) is 9.59 Å². The molecule has 4 atom stereocenters. The fraction of sp³-hybridized carbons (Fsp3) is 0.800. The predicted octanol–water partition coefficient (Wildman–Crippen LogP) is 0.193. The lowest BCUT2D eigenvalue weighted by molar-refractivity contribution is -0.139. The molecule has 0 rings (SSSR count). The average Bonchev–Trinajstić information content (AvgIpc) is 2.33. The minimum absolute atomic E-state index is 0.601. The van der Waals surface area contributed by atoms with Crippen LogP contribution >= 0.6 is 17.2 Å². The first kappa shape index (κ1) is 20.0. The largest absolute Gasteiger partial charge is 0.480 e. The van der Waals surface area contributed by atoms with Gasteiger partial charge in [-0.2, -0.15) is 0 Å². The van der Waals surface area contributed by atoms with Gasteiger partial charge in [-0.25, -0.2) is 0 Å². The molecule has 0 aromatic carbocycles. The monoisotopic (exact) mass is 298 g/mol. The first-order valence-corrected chi connectivity index (χ1v) is 9.04. The summed E-state index contributed by atoms with van der Waals surface area (Å²) in [4.78, 5) is 20.2. The summed E-state index contributed by atoms with van der Waals surface area (Å²) < 4.78 is 0. The van der Waals surface area contributed by atoms with Gasteiger partial charge in [0.05, 0.1) is 0 Å². The van der Waals surface area contributed by atoms with E-state index in [1.807, 2.05) is 13.3 Å². The molecule has 0 aromatic rings. The van der Waals surface area contributed by atoms with Crippen molar-refractivity contribution in [3.63, 3.8) is 0 Å². The van der Waals surface area contributed by atoms with Crippen molar-refractivity contribution < 1.29 is 19.8 Å². The van der Waals surface area contributed by atoms with E-state index in [-0.39, 0.29) is 0 Å². The zero-order valence-corrected chi connectivity index (χ0v) is 12.8. The molecule has 8 heteroatoms. The number of hydrogen-bond acceptors (Lipinski definition) is 4. The highest BCUT2D eigenvalue weighted by atomic mass is 31.1. The first-order valence-electron chi connectivity index (χ1n) is 5.62. The third-order valence-corrected chi connectivity index (χ3v) is 3.62. The van der Waals surface area contributed by atoms with Crippen LogP contribution in [0.15, 0.2) is 0 Å². The molecule has 0 spiro atoms. The van der Waals surface area contributed by atoms with Crippen molar-refractivity contribution in [1.82, 2.24) is 0 Å². The maximum atomic E-state index is 10.1. The summed E-state index contributed by atoms with van der Waals surface area (Å²) in [6.07, 6.45) is 3.05. The molecule has 0 heterocycles. The maximum Gasteiger partial charge on any atom is 0.320 e. The molecule has 6 nitrogen and oxygen atoms in total. The fourth-order valence-corrected chi connectivity index (χ4v) is 2.05. The van der Waals surface area contributed by atoms with Crippen molar-refractivity contribution in [2.45, 2.75) is 24.9 Å². The lowest BCUT2D eigenvalue weighted by Crippen LogP contribution is -2.30. The molecule has 0 fully saturated rings. The van der Waals surface area contributed by atoms with Crippen LogP contribution in [-0.2, 0) is 9.59 Å². The van der Waals surface area contributed by atoms with Gasteiger partial charge in [0.2, 0.25) is 0 Å². The summed E-state index contributed by atoms with van der Waals surface area (Å²) in [7, 11) is 1.60. The number of carboxylic acids is 2. The van der Waals surface area contributed by atoms with Crippen LogP contribution < -0.4 is 11.5 Å². The molecule has 0 radical (unpaired) electrons. The van der Waals surface area contributed by atoms with Crippen molar-refractivity contribution in [1.29, 1.82) is 0 Å². The molecule has 2 unspecified atom stereocenters. The Morgan fingerprint density at radius 2 is 1.22 bits per heavy atom. The smallest absolute Gasteiger partial charge is 0.320 e. The van der Waals surface area contributed by atoms with Gasteiger partial charge in [0.15, 0.2) is 0 Å². The number of hydrogen-bond donors (Lipinski definition) is 4. The molecule has 0 aliphatic rings. The van der Waals surface area contributed by atoms with E-state index in [0.717, 1.165) is 29.5 Å². The lowest BCUT2D eigenvalue weighted by atomic mass is 10.2. The molecule has 108 valence electrons. The van der Waals surface area contributed by atoms with E-state index in [2.05, 4.69) is 0 Å². The Bertz CT molecular complexity index is 218. The Hall–Kier alpha value is -0.280. The highest BCUT2D eigenvalue weighted by molar-refractivity contribution is 7.37. The van der Waals surface area contributed by atoms with Crippen molar-refractivity contribution in [3.8, 4) is 0 Å². The van der Waals surface area contributed by atoms with Crippen LogP contribution in [0.25, 0.3) is 0 Å². The summed E-state index contributed by atoms with van der Waals surface area (Å²) in [6, 6.07) is -1.31. The first-order chi connectivity index (χ1) is 8.36. The molecule has 18 heavy (non-hydrogen) atoms. The SMILES string of the molecule is CPCC[C@H](N)C(=O)O.CPCC[C@H](N)C(=O)O. The summed E-state index contributed by atoms with van der Waals surface area (Å²) in [5.74, 6) is -1.79. The Morgan fingerprint density at radius 1 is 0.944 bits per heavy atom. The Labute approximate surface area is 111 Å². The summed E-state index contributed by atoms with van der Waals surface area (Å²) >= 11 is 0. The summed E-state index contributed by atoms with van der Waals surface area (Å²) in [6.45, 7) is 4.07. The molecule has 0 amide bonds. The second kappa shape index (κ2) is 13.2. The van der Waals surface area contributed by atoms with E-state index in [0.29, 0.717) is 12.8 Å². The van der Waals surface area contributed by atoms with Gasteiger partial charge >= 0.3 is 11.9 Å². The van der Waals surface area contributed by atoms with Gasteiger partial charge in [-0.3, -0.25) is 9.59 Å². The lowest BCUT2D eigenvalue weighted by Gasteiger charge is -2.02. The minimum atomic E-state index is -0.895. The van der Waals surface area contributed by atoms with Crippen LogP contribution in [-0.4, -0.2) is 59.9 Å². The zero-order valence-electron chi connectivity index (χ0n) is 10.8. The van der Waals surface area contributed by atoms with Crippen LogP contribution in [0.3, 0.4) is 0 Å². The topological polar surface area (TPSA) is 127 Å². The highest BCUT2D eigenvalue weighted by Crippen LogP contribution is 2.05.